The minimum atomic E-state index is -3.21. The maximum atomic E-state index is 11.6. The summed E-state index contributed by atoms with van der Waals surface area (Å²) in [7, 11) is -3.21. The van der Waals surface area contributed by atoms with Crippen LogP contribution in [0.3, 0.4) is 0 Å². The number of benzene rings is 2. The van der Waals surface area contributed by atoms with Crippen molar-refractivity contribution in [3.05, 3.63) is 78.4 Å². The van der Waals surface area contributed by atoms with Gasteiger partial charge in [-0.15, -0.1) is 0 Å². The van der Waals surface area contributed by atoms with E-state index in [0.717, 1.165) is 12.0 Å². The molecule has 0 N–H and O–H groups in total. The zero-order chi connectivity index (χ0) is 17.4. The fourth-order valence-corrected chi connectivity index (χ4v) is 3.95. The molecule has 1 aliphatic carbocycles. The standard InChI is InChI=1S/C19H18N2O3S/c1-25(22,23)16-8-6-15(7-9-16)24-19-17-5-3-2-4-14(17)12-18(19)21-11-10-20-13-21/h2-11,13,18-19H,12H2,1H3/t18-,19+/m0/s1. The lowest BCUT2D eigenvalue weighted by Crippen LogP contribution is -2.18. The van der Waals surface area contributed by atoms with Gasteiger partial charge in [0.1, 0.15) is 11.9 Å². The van der Waals surface area contributed by atoms with Crippen LogP contribution in [0.4, 0.5) is 0 Å². The molecule has 2 atom stereocenters. The van der Waals surface area contributed by atoms with E-state index in [2.05, 4.69) is 21.7 Å². The molecule has 25 heavy (non-hydrogen) atoms. The Kier molecular flexibility index (Phi) is 3.84. The average Bonchev–Trinajstić information content (AvgIpc) is 3.23. The first-order chi connectivity index (χ1) is 12.0. The number of hydrogen-bond donors (Lipinski definition) is 0. The Morgan fingerprint density at radius 3 is 2.56 bits per heavy atom. The highest BCUT2D eigenvalue weighted by atomic mass is 32.2. The van der Waals surface area contributed by atoms with Crippen LogP contribution < -0.4 is 4.74 Å². The zero-order valence-corrected chi connectivity index (χ0v) is 14.6. The summed E-state index contributed by atoms with van der Waals surface area (Å²) in [5, 5.41) is 0. The first kappa shape index (κ1) is 15.9. The Morgan fingerprint density at radius 1 is 1.12 bits per heavy atom. The molecule has 1 aromatic heterocycles. The molecule has 0 radical (unpaired) electrons. The maximum absolute atomic E-state index is 11.6. The second-order valence-corrected chi connectivity index (χ2v) is 8.28. The van der Waals surface area contributed by atoms with Gasteiger partial charge in [-0.3, -0.25) is 0 Å². The normalized spacial score (nSPS) is 19.6. The summed E-state index contributed by atoms with van der Waals surface area (Å²) >= 11 is 0. The minimum Gasteiger partial charge on any atom is -0.484 e. The Bertz CT molecular complexity index is 980. The van der Waals surface area contributed by atoms with E-state index in [1.165, 1.54) is 11.8 Å². The Hall–Kier alpha value is -2.60. The SMILES string of the molecule is CS(=O)(=O)c1ccc(O[C@@H]2c3ccccc3C[C@@H]2n2ccnc2)cc1. The van der Waals surface area contributed by atoms with Crippen molar-refractivity contribution in [3.8, 4) is 5.75 Å². The number of hydrogen-bond acceptors (Lipinski definition) is 4. The van der Waals surface area contributed by atoms with E-state index in [1.54, 1.807) is 36.8 Å². The van der Waals surface area contributed by atoms with E-state index < -0.39 is 9.84 Å². The van der Waals surface area contributed by atoms with Crippen molar-refractivity contribution in [2.75, 3.05) is 6.26 Å². The molecule has 3 aromatic rings. The molecule has 0 unspecified atom stereocenters. The highest BCUT2D eigenvalue weighted by molar-refractivity contribution is 7.90. The summed E-state index contributed by atoms with van der Waals surface area (Å²) in [4.78, 5) is 4.44. The fraction of sp³-hybridized carbons (Fsp3) is 0.211. The second-order valence-electron chi connectivity index (χ2n) is 6.26. The van der Waals surface area contributed by atoms with Crippen molar-refractivity contribution < 1.29 is 13.2 Å². The molecule has 0 saturated heterocycles. The Labute approximate surface area is 146 Å². The largest absolute Gasteiger partial charge is 0.484 e. The van der Waals surface area contributed by atoms with Crippen LogP contribution in [-0.4, -0.2) is 24.2 Å². The number of sulfone groups is 1. The van der Waals surface area contributed by atoms with Gasteiger partial charge < -0.3 is 9.30 Å². The van der Waals surface area contributed by atoms with Crippen LogP contribution in [-0.2, 0) is 16.3 Å². The molecule has 6 heteroatoms. The van der Waals surface area contributed by atoms with Crippen molar-refractivity contribution in [1.82, 2.24) is 9.55 Å². The van der Waals surface area contributed by atoms with Gasteiger partial charge >= 0.3 is 0 Å². The van der Waals surface area contributed by atoms with Crippen molar-refractivity contribution >= 4 is 9.84 Å². The Balaban J connectivity index is 1.66. The first-order valence-electron chi connectivity index (χ1n) is 8.04. The van der Waals surface area contributed by atoms with Crippen LogP contribution in [0.5, 0.6) is 5.75 Å². The molecule has 0 spiro atoms. The lowest BCUT2D eigenvalue weighted by Gasteiger charge is -2.23. The smallest absolute Gasteiger partial charge is 0.175 e. The van der Waals surface area contributed by atoms with Crippen LogP contribution in [0, 0.1) is 0 Å². The number of nitrogens with zero attached hydrogens (tertiary/aromatic N) is 2. The average molecular weight is 354 g/mol. The van der Waals surface area contributed by atoms with E-state index in [4.69, 9.17) is 4.74 Å². The quantitative estimate of drug-likeness (QED) is 0.722. The molecule has 1 heterocycles. The highest BCUT2D eigenvalue weighted by Gasteiger charge is 2.35. The number of aromatic nitrogens is 2. The molecule has 4 rings (SSSR count). The third-order valence-corrected chi connectivity index (χ3v) is 5.69. The minimum absolute atomic E-state index is 0.120. The molecule has 1 aliphatic rings. The van der Waals surface area contributed by atoms with E-state index in [-0.39, 0.29) is 17.0 Å². The summed E-state index contributed by atoms with van der Waals surface area (Å²) in [5.41, 5.74) is 2.42. The predicted octanol–water partition coefficient (Wildman–Crippen LogP) is 3.20. The maximum Gasteiger partial charge on any atom is 0.175 e. The van der Waals surface area contributed by atoms with Gasteiger partial charge in [0, 0.05) is 18.6 Å². The Morgan fingerprint density at radius 2 is 1.88 bits per heavy atom. The van der Waals surface area contributed by atoms with Gasteiger partial charge in [0.25, 0.3) is 0 Å². The van der Waals surface area contributed by atoms with Crippen molar-refractivity contribution in [3.63, 3.8) is 0 Å². The monoisotopic (exact) mass is 354 g/mol. The third kappa shape index (κ3) is 3.05. The second kappa shape index (κ2) is 6.04. The van der Waals surface area contributed by atoms with E-state index in [1.807, 2.05) is 18.3 Å². The van der Waals surface area contributed by atoms with Gasteiger partial charge in [0.15, 0.2) is 9.84 Å². The summed E-state index contributed by atoms with van der Waals surface area (Å²) in [6.07, 6.45) is 7.44. The molecule has 0 bridgehead atoms. The van der Waals surface area contributed by atoms with Crippen molar-refractivity contribution in [2.24, 2.45) is 0 Å². The summed E-state index contributed by atoms with van der Waals surface area (Å²) in [5.74, 6) is 0.652. The topological polar surface area (TPSA) is 61.2 Å². The molecule has 0 amide bonds. The molecule has 0 fully saturated rings. The van der Waals surface area contributed by atoms with Gasteiger partial charge in [-0.25, -0.2) is 13.4 Å². The summed E-state index contributed by atoms with van der Waals surface area (Å²) < 4.78 is 31.5. The van der Waals surface area contributed by atoms with Gasteiger partial charge in [-0.05, 0) is 41.8 Å². The van der Waals surface area contributed by atoms with Gasteiger partial charge in [0.2, 0.25) is 0 Å². The predicted molar refractivity (Wildman–Crippen MR) is 94.3 cm³/mol. The number of rotatable bonds is 4. The molecule has 5 nitrogen and oxygen atoms in total. The molecule has 0 saturated carbocycles. The number of fused-ring (bicyclic) bond motifs is 1. The van der Waals surface area contributed by atoms with Crippen molar-refractivity contribution in [1.29, 1.82) is 0 Å². The third-order valence-electron chi connectivity index (χ3n) is 4.56. The molecule has 128 valence electrons. The van der Waals surface area contributed by atoms with Crippen LogP contribution >= 0.6 is 0 Å². The van der Waals surface area contributed by atoms with Crippen LogP contribution in [0.25, 0.3) is 0 Å². The van der Waals surface area contributed by atoms with Gasteiger partial charge in [-0.1, -0.05) is 24.3 Å². The molecule has 0 aliphatic heterocycles. The summed E-state index contributed by atoms with van der Waals surface area (Å²) in [6, 6.07) is 15.0. The van der Waals surface area contributed by atoms with E-state index in [9.17, 15) is 8.42 Å². The molecular formula is C19H18N2O3S. The number of imidazole rings is 1. The van der Waals surface area contributed by atoms with Gasteiger partial charge in [0.05, 0.1) is 17.3 Å². The lowest BCUT2D eigenvalue weighted by molar-refractivity contribution is 0.153. The van der Waals surface area contributed by atoms with Crippen LogP contribution in [0.15, 0.2) is 72.1 Å². The highest BCUT2D eigenvalue weighted by Crippen LogP contribution is 2.42. The molecular weight excluding hydrogens is 336 g/mol. The molecule has 2 aromatic carbocycles. The first-order valence-corrected chi connectivity index (χ1v) is 9.93. The zero-order valence-electron chi connectivity index (χ0n) is 13.7. The number of ether oxygens (including phenoxy) is 1. The summed E-state index contributed by atoms with van der Waals surface area (Å²) in [6.45, 7) is 0. The van der Waals surface area contributed by atoms with Crippen LogP contribution in [0.1, 0.15) is 23.3 Å². The van der Waals surface area contributed by atoms with E-state index >= 15 is 0 Å². The van der Waals surface area contributed by atoms with Crippen LogP contribution in [0.2, 0.25) is 0 Å². The lowest BCUT2D eigenvalue weighted by atomic mass is 10.1. The van der Waals surface area contributed by atoms with E-state index in [0.29, 0.717) is 5.75 Å². The fourth-order valence-electron chi connectivity index (χ4n) is 3.32. The van der Waals surface area contributed by atoms with Crippen molar-refractivity contribution in [2.45, 2.75) is 23.5 Å². The van der Waals surface area contributed by atoms with Gasteiger partial charge in [-0.2, -0.15) is 0 Å².